The molecular weight excluding hydrogens is 186 g/mol. The van der Waals surface area contributed by atoms with Crippen LogP contribution in [0, 0.1) is 5.41 Å². The van der Waals surface area contributed by atoms with Crippen molar-refractivity contribution in [2.75, 3.05) is 0 Å². The van der Waals surface area contributed by atoms with Crippen LogP contribution in [0.4, 0.5) is 0 Å². The van der Waals surface area contributed by atoms with Crippen molar-refractivity contribution in [1.82, 2.24) is 0 Å². The van der Waals surface area contributed by atoms with Gasteiger partial charge in [0.1, 0.15) is 0 Å². The molecule has 0 aromatic heterocycles. The lowest BCUT2D eigenvalue weighted by molar-refractivity contribution is 0.133. The van der Waals surface area contributed by atoms with Crippen LogP contribution >= 0.6 is 0 Å². The standard InChI is InChI=1S/C13H21NO/c1-13(2,3)12(14)9-11(15)10-7-5-4-6-8-10/h4-8,11-12,15H,9,14H2,1-3H3/t11-,12+/m0/s1. The highest BCUT2D eigenvalue weighted by atomic mass is 16.3. The molecule has 0 radical (unpaired) electrons. The van der Waals surface area contributed by atoms with E-state index in [9.17, 15) is 5.11 Å². The topological polar surface area (TPSA) is 46.2 Å². The summed E-state index contributed by atoms with van der Waals surface area (Å²) in [5.41, 5.74) is 7.01. The normalized spacial score (nSPS) is 16.1. The van der Waals surface area contributed by atoms with Crippen molar-refractivity contribution in [2.45, 2.75) is 39.3 Å². The summed E-state index contributed by atoms with van der Waals surface area (Å²) in [6.45, 7) is 6.28. The minimum atomic E-state index is -0.458. The molecule has 0 fully saturated rings. The zero-order valence-electron chi connectivity index (χ0n) is 9.77. The molecule has 0 aliphatic carbocycles. The highest BCUT2D eigenvalue weighted by Crippen LogP contribution is 2.26. The molecule has 0 spiro atoms. The van der Waals surface area contributed by atoms with Gasteiger partial charge in [-0.2, -0.15) is 0 Å². The van der Waals surface area contributed by atoms with Crippen molar-refractivity contribution >= 4 is 0 Å². The molecule has 0 aliphatic rings. The van der Waals surface area contributed by atoms with Crippen LogP contribution < -0.4 is 5.73 Å². The predicted molar refractivity (Wildman–Crippen MR) is 63.4 cm³/mol. The van der Waals surface area contributed by atoms with Gasteiger partial charge in [-0.15, -0.1) is 0 Å². The molecule has 2 nitrogen and oxygen atoms in total. The molecule has 84 valence electrons. The van der Waals surface area contributed by atoms with Crippen molar-refractivity contribution in [1.29, 1.82) is 0 Å². The van der Waals surface area contributed by atoms with Crippen LogP contribution in [0.1, 0.15) is 38.9 Å². The molecule has 0 unspecified atom stereocenters. The summed E-state index contributed by atoms with van der Waals surface area (Å²) < 4.78 is 0. The summed E-state index contributed by atoms with van der Waals surface area (Å²) in [5, 5.41) is 9.97. The maximum Gasteiger partial charge on any atom is 0.0805 e. The van der Waals surface area contributed by atoms with Crippen molar-refractivity contribution < 1.29 is 5.11 Å². The Balaban J connectivity index is 2.61. The number of nitrogens with two attached hydrogens (primary N) is 1. The van der Waals surface area contributed by atoms with Crippen LogP contribution in [0.5, 0.6) is 0 Å². The molecule has 0 aliphatic heterocycles. The van der Waals surface area contributed by atoms with Gasteiger partial charge in [0.25, 0.3) is 0 Å². The summed E-state index contributed by atoms with van der Waals surface area (Å²) >= 11 is 0. The average Bonchev–Trinajstić information content (AvgIpc) is 2.17. The lowest BCUT2D eigenvalue weighted by Crippen LogP contribution is -2.36. The monoisotopic (exact) mass is 207 g/mol. The van der Waals surface area contributed by atoms with Gasteiger partial charge in [0.15, 0.2) is 0 Å². The number of hydrogen-bond acceptors (Lipinski definition) is 2. The fourth-order valence-corrected chi connectivity index (χ4v) is 1.41. The quantitative estimate of drug-likeness (QED) is 0.800. The summed E-state index contributed by atoms with van der Waals surface area (Å²) in [5.74, 6) is 0. The van der Waals surface area contributed by atoms with Crippen molar-refractivity contribution in [2.24, 2.45) is 11.1 Å². The first-order valence-electron chi connectivity index (χ1n) is 5.40. The van der Waals surface area contributed by atoms with Gasteiger partial charge in [-0.1, -0.05) is 51.1 Å². The fourth-order valence-electron chi connectivity index (χ4n) is 1.41. The van der Waals surface area contributed by atoms with Crippen LogP contribution in [0.25, 0.3) is 0 Å². The van der Waals surface area contributed by atoms with Crippen LogP contribution in [0.2, 0.25) is 0 Å². The molecule has 2 atom stereocenters. The lowest BCUT2D eigenvalue weighted by atomic mass is 9.83. The highest BCUT2D eigenvalue weighted by Gasteiger charge is 2.23. The molecule has 1 rings (SSSR count). The minimum absolute atomic E-state index is 0.00714. The van der Waals surface area contributed by atoms with E-state index in [0.29, 0.717) is 6.42 Å². The van der Waals surface area contributed by atoms with Gasteiger partial charge < -0.3 is 10.8 Å². The van der Waals surface area contributed by atoms with E-state index >= 15 is 0 Å². The third-order valence-corrected chi connectivity index (χ3v) is 2.77. The number of rotatable bonds is 3. The van der Waals surface area contributed by atoms with Gasteiger partial charge in [-0.05, 0) is 17.4 Å². The zero-order valence-corrected chi connectivity index (χ0v) is 9.77. The Labute approximate surface area is 92.1 Å². The molecule has 15 heavy (non-hydrogen) atoms. The predicted octanol–water partition coefficient (Wildman–Crippen LogP) is 2.48. The Bertz CT molecular complexity index is 289. The first-order valence-corrected chi connectivity index (χ1v) is 5.40. The minimum Gasteiger partial charge on any atom is -0.388 e. The van der Waals surface area contributed by atoms with Gasteiger partial charge in [0.05, 0.1) is 6.10 Å². The SMILES string of the molecule is CC(C)(C)[C@H](N)C[C@H](O)c1ccccc1. The Morgan fingerprint density at radius 3 is 2.20 bits per heavy atom. The number of aliphatic hydroxyl groups excluding tert-OH is 1. The van der Waals surface area contributed by atoms with Gasteiger partial charge in [-0.25, -0.2) is 0 Å². The summed E-state index contributed by atoms with van der Waals surface area (Å²) in [6.07, 6.45) is 0.147. The van der Waals surface area contributed by atoms with E-state index < -0.39 is 6.10 Å². The second-order valence-electron chi connectivity index (χ2n) is 5.13. The van der Waals surface area contributed by atoms with Crippen LogP contribution in [0.15, 0.2) is 30.3 Å². The molecule has 0 saturated carbocycles. The Kier molecular flexibility index (Phi) is 3.89. The third kappa shape index (κ3) is 3.65. The maximum atomic E-state index is 9.97. The average molecular weight is 207 g/mol. The number of benzene rings is 1. The fraction of sp³-hybridized carbons (Fsp3) is 0.538. The Hall–Kier alpha value is -0.860. The Morgan fingerprint density at radius 1 is 1.20 bits per heavy atom. The van der Waals surface area contributed by atoms with Gasteiger partial charge in [-0.3, -0.25) is 0 Å². The summed E-state index contributed by atoms with van der Waals surface area (Å²) in [7, 11) is 0. The lowest BCUT2D eigenvalue weighted by Gasteiger charge is -2.28. The van der Waals surface area contributed by atoms with E-state index in [1.54, 1.807) is 0 Å². The van der Waals surface area contributed by atoms with E-state index in [-0.39, 0.29) is 11.5 Å². The third-order valence-electron chi connectivity index (χ3n) is 2.77. The molecule has 0 saturated heterocycles. The van der Waals surface area contributed by atoms with E-state index in [2.05, 4.69) is 20.8 Å². The highest BCUT2D eigenvalue weighted by molar-refractivity contribution is 5.17. The zero-order chi connectivity index (χ0) is 11.5. The summed E-state index contributed by atoms with van der Waals surface area (Å²) in [6, 6.07) is 9.68. The molecular formula is C13H21NO. The Morgan fingerprint density at radius 2 is 1.73 bits per heavy atom. The molecule has 1 aromatic carbocycles. The smallest absolute Gasteiger partial charge is 0.0805 e. The van der Waals surface area contributed by atoms with Gasteiger partial charge in [0.2, 0.25) is 0 Å². The molecule has 3 N–H and O–H groups in total. The van der Waals surface area contributed by atoms with Gasteiger partial charge >= 0.3 is 0 Å². The largest absolute Gasteiger partial charge is 0.388 e. The molecule has 0 amide bonds. The van der Waals surface area contributed by atoms with E-state index in [0.717, 1.165) is 5.56 Å². The van der Waals surface area contributed by atoms with E-state index in [4.69, 9.17) is 5.73 Å². The van der Waals surface area contributed by atoms with Crippen molar-refractivity contribution in [3.8, 4) is 0 Å². The van der Waals surface area contributed by atoms with Crippen LogP contribution in [-0.4, -0.2) is 11.1 Å². The molecule has 2 heteroatoms. The number of hydrogen-bond donors (Lipinski definition) is 2. The molecule has 0 heterocycles. The number of aliphatic hydroxyl groups is 1. The van der Waals surface area contributed by atoms with E-state index in [1.165, 1.54) is 0 Å². The van der Waals surface area contributed by atoms with Crippen LogP contribution in [0.3, 0.4) is 0 Å². The summed E-state index contributed by atoms with van der Waals surface area (Å²) in [4.78, 5) is 0. The van der Waals surface area contributed by atoms with E-state index in [1.807, 2.05) is 30.3 Å². The second kappa shape index (κ2) is 4.77. The van der Waals surface area contributed by atoms with Crippen molar-refractivity contribution in [3.63, 3.8) is 0 Å². The first kappa shape index (κ1) is 12.2. The second-order valence-corrected chi connectivity index (χ2v) is 5.13. The first-order chi connectivity index (χ1) is 6.91. The molecule has 0 bridgehead atoms. The van der Waals surface area contributed by atoms with Crippen LogP contribution in [-0.2, 0) is 0 Å². The van der Waals surface area contributed by atoms with Gasteiger partial charge in [0, 0.05) is 6.04 Å². The molecule has 1 aromatic rings. The maximum absolute atomic E-state index is 9.97. The van der Waals surface area contributed by atoms with Crippen molar-refractivity contribution in [3.05, 3.63) is 35.9 Å².